The molecule has 8 nitrogen and oxygen atoms in total. The van der Waals surface area contributed by atoms with Crippen LogP contribution in [0.15, 0.2) is 67.1 Å². The van der Waals surface area contributed by atoms with Crippen LogP contribution in [-0.2, 0) is 0 Å². The zero-order valence-corrected chi connectivity index (χ0v) is 16.0. The van der Waals surface area contributed by atoms with Crippen molar-refractivity contribution in [3.05, 3.63) is 72.7 Å². The number of anilines is 4. The number of carboxylic acid groups (broad SMARTS) is 1. The van der Waals surface area contributed by atoms with E-state index in [1.165, 1.54) is 6.20 Å². The Labute approximate surface area is 171 Å². The van der Waals surface area contributed by atoms with Gasteiger partial charge in [-0.25, -0.2) is 9.78 Å². The van der Waals surface area contributed by atoms with E-state index in [9.17, 15) is 9.90 Å². The Balaban J connectivity index is 1.49. The summed E-state index contributed by atoms with van der Waals surface area (Å²) in [5, 5.41) is 14.3. The molecule has 0 aliphatic rings. The molecular weight excluding hydrogens is 380 g/mol. The molecule has 0 unspecified atom stereocenters. The molecule has 30 heavy (non-hydrogen) atoms. The predicted octanol–water partition coefficient (Wildman–Crippen LogP) is 4.65. The zero-order valence-electron chi connectivity index (χ0n) is 16.0. The summed E-state index contributed by atoms with van der Waals surface area (Å²) in [6.07, 6.45) is 5.07. The van der Waals surface area contributed by atoms with Gasteiger partial charge in [-0.05, 0) is 42.5 Å². The number of carbonyl (C=O) groups is 1. The van der Waals surface area contributed by atoms with Crippen molar-refractivity contribution < 1.29 is 9.90 Å². The number of carboxylic acids is 1. The first kappa shape index (κ1) is 17.7. The summed E-state index contributed by atoms with van der Waals surface area (Å²) < 4.78 is 0. The number of aromatic nitrogens is 4. The maximum Gasteiger partial charge on any atom is 0.337 e. The second kappa shape index (κ2) is 6.93. The molecule has 8 heteroatoms. The summed E-state index contributed by atoms with van der Waals surface area (Å²) in [7, 11) is 1.94. The maximum absolute atomic E-state index is 11.6. The van der Waals surface area contributed by atoms with Crippen LogP contribution in [0.4, 0.5) is 23.1 Å². The van der Waals surface area contributed by atoms with E-state index in [2.05, 4.69) is 31.3 Å². The van der Waals surface area contributed by atoms with Gasteiger partial charge < -0.3 is 25.3 Å². The molecule has 0 amide bonds. The van der Waals surface area contributed by atoms with Crippen LogP contribution in [0.3, 0.4) is 0 Å². The van der Waals surface area contributed by atoms with Crippen LogP contribution >= 0.6 is 0 Å². The van der Waals surface area contributed by atoms with Crippen molar-refractivity contribution in [1.29, 1.82) is 0 Å². The summed E-state index contributed by atoms with van der Waals surface area (Å²) in [4.78, 5) is 28.6. The Morgan fingerprint density at radius 3 is 2.87 bits per heavy atom. The van der Waals surface area contributed by atoms with E-state index in [0.717, 1.165) is 22.1 Å². The van der Waals surface area contributed by atoms with Gasteiger partial charge in [0, 0.05) is 53.1 Å². The lowest BCUT2D eigenvalue weighted by Crippen LogP contribution is -2.12. The Morgan fingerprint density at radius 2 is 2.00 bits per heavy atom. The van der Waals surface area contributed by atoms with Crippen molar-refractivity contribution in [2.45, 2.75) is 0 Å². The molecule has 3 aromatic heterocycles. The van der Waals surface area contributed by atoms with Crippen LogP contribution in [0.1, 0.15) is 10.4 Å². The largest absolute Gasteiger partial charge is 0.478 e. The highest BCUT2D eigenvalue weighted by Crippen LogP contribution is 2.30. The molecule has 0 saturated carbocycles. The van der Waals surface area contributed by atoms with Crippen molar-refractivity contribution in [1.82, 2.24) is 19.9 Å². The van der Waals surface area contributed by atoms with E-state index in [1.807, 2.05) is 60.6 Å². The summed E-state index contributed by atoms with van der Waals surface area (Å²) in [5.74, 6) is 0.0965. The van der Waals surface area contributed by atoms with Crippen molar-refractivity contribution in [2.24, 2.45) is 0 Å². The van der Waals surface area contributed by atoms with E-state index in [4.69, 9.17) is 0 Å². The predicted molar refractivity (Wildman–Crippen MR) is 117 cm³/mol. The molecule has 0 aliphatic carbocycles. The molecule has 0 aliphatic heterocycles. The third-order valence-corrected chi connectivity index (χ3v) is 5.09. The van der Waals surface area contributed by atoms with Gasteiger partial charge in [0.25, 0.3) is 0 Å². The van der Waals surface area contributed by atoms with Gasteiger partial charge in [-0.15, -0.1) is 0 Å². The second-order valence-electron chi connectivity index (χ2n) is 6.91. The van der Waals surface area contributed by atoms with E-state index in [1.54, 1.807) is 6.20 Å². The number of benzene rings is 2. The van der Waals surface area contributed by atoms with Gasteiger partial charge >= 0.3 is 5.97 Å². The first-order chi connectivity index (χ1) is 14.6. The van der Waals surface area contributed by atoms with E-state index < -0.39 is 5.97 Å². The van der Waals surface area contributed by atoms with Gasteiger partial charge in [-0.1, -0.05) is 6.07 Å². The lowest BCUT2D eigenvalue weighted by atomic mass is 10.1. The molecule has 4 N–H and O–H groups in total. The Morgan fingerprint density at radius 1 is 1.10 bits per heavy atom. The molecule has 0 spiro atoms. The minimum Gasteiger partial charge on any atom is -0.478 e. The fourth-order valence-electron chi connectivity index (χ4n) is 3.56. The number of nitrogens with zero attached hydrogens (tertiary/aromatic N) is 3. The lowest BCUT2D eigenvalue weighted by molar-refractivity contribution is 0.0699. The molecule has 148 valence electrons. The standard InChI is InChI=1S/C22H18N6O2/c1-28(14-5-6-16-13(11-14)7-9-23-16)19-8-10-24-22(27-19)26-18-4-2-3-17-20(18)15(12-25-17)21(29)30/h2-12,23,25H,1H3,(H,29,30)(H,24,26,27). The van der Waals surface area contributed by atoms with Gasteiger partial charge in [-0.2, -0.15) is 4.98 Å². The average Bonchev–Trinajstić information content (AvgIpc) is 3.40. The SMILES string of the molecule is CN(c1ccc2[nH]ccc2c1)c1ccnc(Nc2cccc3[nH]cc(C(=O)O)c23)n1. The van der Waals surface area contributed by atoms with Crippen LogP contribution in [0.2, 0.25) is 0 Å². The normalized spacial score (nSPS) is 11.1. The van der Waals surface area contributed by atoms with Crippen molar-refractivity contribution >= 4 is 50.9 Å². The number of nitrogens with one attached hydrogen (secondary N) is 3. The summed E-state index contributed by atoms with van der Waals surface area (Å²) in [5.41, 5.74) is 3.62. The summed E-state index contributed by atoms with van der Waals surface area (Å²) in [6, 6.07) is 15.5. The molecular formula is C22H18N6O2. The van der Waals surface area contributed by atoms with Gasteiger partial charge in [0.05, 0.1) is 11.3 Å². The van der Waals surface area contributed by atoms with E-state index in [0.29, 0.717) is 22.8 Å². The number of H-pyrrole nitrogens is 2. The highest BCUT2D eigenvalue weighted by atomic mass is 16.4. The van der Waals surface area contributed by atoms with Gasteiger partial charge in [0.15, 0.2) is 0 Å². The molecule has 0 bridgehead atoms. The third kappa shape index (κ3) is 3.00. The minimum atomic E-state index is -0.995. The Bertz CT molecular complexity index is 1390. The average molecular weight is 398 g/mol. The number of aromatic amines is 2. The van der Waals surface area contributed by atoms with Crippen molar-refractivity contribution in [3.8, 4) is 0 Å². The van der Waals surface area contributed by atoms with Crippen molar-refractivity contribution in [2.75, 3.05) is 17.3 Å². The van der Waals surface area contributed by atoms with Gasteiger partial charge in [0.1, 0.15) is 5.82 Å². The summed E-state index contributed by atoms with van der Waals surface area (Å²) >= 11 is 0. The maximum atomic E-state index is 11.6. The highest BCUT2D eigenvalue weighted by Gasteiger charge is 2.15. The van der Waals surface area contributed by atoms with Crippen LogP contribution < -0.4 is 10.2 Å². The first-order valence-electron chi connectivity index (χ1n) is 9.34. The number of aromatic carboxylic acids is 1. The number of hydrogen-bond acceptors (Lipinski definition) is 5. The molecule has 0 atom stereocenters. The fourth-order valence-corrected chi connectivity index (χ4v) is 3.56. The fraction of sp³-hybridized carbons (Fsp3) is 0.0455. The highest BCUT2D eigenvalue weighted by molar-refractivity contribution is 6.09. The lowest BCUT2D eigenvalue weighted by Gasteiger charge is -2.19. The van der Waals surface area contributed by atoms with Crippen LogP contribution in [0, 0.1) is 0 Å². The molecule has 0 fully saturated rings. The Hall–Kier alpha value is -4.33. The van der Waals surface area contributed by atoms with Crippen molar-refractivity contribution in [3.63, 3.8) is 0 Å². The molecule has 5 rings (SSSR count). The quantitative estimate of drug-likeness (QED) is 0.343. The van der Waals surface area contributed by atoms with E-state index >= 15 is 0 Å². The first-order valence-corrected chi connectivity index (χ1v) is 9.34. The monoisotopic (exact) mass is 398 g/mol. The van der Waals surface area contributed by atoms with Crippen LogP contribution in [0.5, 0.6) is 0 Å². The van der Waals surface area contributed by atoms with Crippen LogP contribution in [0.25, 0.3) is 21.8 Å². The second-order valence-corrected chi connectivity index (χ2v) is 6.91. The van der Waals surface area contributed by atoms with Gasteiger partial charge in [-0.3, -0.25) is 0 Å². The number of hydrogen-bond donors (Lipinski definition) is 4. The summed E-state index contributed by atoms with van der Waals surface area (Å²) in [6.45, 7) is 0. The number of fused-ring (bicyclic) bond motifs is 2. The number of rotatable bonds is 5. The minimum absolute atomic E-state index is 0.196. The molecule has 0 radical (unpaired) electrons. The van der Waals surface area contributed by atoms with E-state index in [-0.39, 0.29) is 5.56 Å². The molecule has 5 aromatic rings. The molecule has 0 saturated heterocycles. The topological polar surface area (TPSA) is 110 Å². The Kier molecular flexibility index (Phi) is 4.10. The third-order valence-electron chi connectivity index (χ3n) is 5.09. The smallest absolute Gasteiger partial charge is 0.337 e. The molecule has 2 aromatic carbocycles. The zero-order chi connectivity index (χ0) is 20.7. The van der Waals surface area contributed by atoms with Crippen LogP contribution in [-0.4, -0.2) is 38.1 Å². The van der Waals surface area contributed by atoms with Gasteiger partial charge in [0.2, 0.25) is 5.95 Å². The molecule has 3 heterocycles.